The third kappa shape index (κ3) is 5.79. The van der Waals surface area contributed by atoms with Crippen molar-refractivity contribution in [2.45, 2.75) is 83.8 Å². The van der Waals surface area contributed by atoms with Crippen molar-refractivity contribution in [1.82, 2.24) is 25.8 Å². The topological polar surface area (TPSA) is 140 Å². The summed E-state index contributed by atoms with van der Waals surface area (Å²) in [6, 6.07) is 5.24. The van der Waals surface area contributed by atoms with E-state index in [1.807, 2.05) is 31.2 Å². The number of hydrogen-bond donors (Lipinski definition) is 4. The van der Waals surface area contributed by atoms with Crippen LogP contribution in [0.3, 0.4) is 0 Å². The minimum atomic E-state index is -0.902. The van der Waals surface area contributed by atoms with Crippen LogP contribution < -0.4 is 16.0 Å². The Morgan fingerprint density at radius 3 is 2.53 bits per heavy atom. The predicted octanol–water partition coefficient (Wildman–Crippen LogP) is 3.40. The van der Waals surface area contributed by atoms with Gasteiger partial charge >= 0.3 is 0 Å². The van der Waals surface area contributed by atoms with Crippen molar-refractivity contribution in [1.29, 1.82) is 0 Å². The highest BCUT2D eigenvalue weighted by molar-refractivity contribution is 6.02. The number of aromatic nitrogens is 1. The summed E-state index contributed by atoms with van der Waals surface area (Å²) in [5, 5.41) is 9.75. The fourth-order valence-corrected chi connectivity index (χ4v) is 8.29. The summed E-state index contributed by atoms with van der Waals surface area (Å²) < 4.78 is 0. The average Bonchev–Trinajstić information content (AvgIpc) is 3.55. The van der Waals surface area contributed by atoms with Crippen molar-refractivity contribution >= 4 is 40.3 Å². The normalized spacial score (nSPS) is 26.9. The van der Waals surface area contributed by atoms with E-state index in [1.165, 1.54) is 6.08 Å². The smallest absolute Gasteiger partial charge is 0.268 e. The molecular formula is C35H45N5O5. The average molecular weight is 616 g/mol. The van der Waals surface area contributed by atoms with Crippen molar-refractivity contribution in [3.63, 3.8) is 0 Å². The molecule has 4 aliphatic rings. The van der Waals surface area contributed by atoms with Gasteiger partial charge in [0.2, 0.25) is 17.7 Å². The fourth-order valence-electron chi connectivity index (χ4n) is 8.29. The van der Waals surface area contributed by atoms with Gasteiger partial charge in [-0.25, -0.2) is 0 Å². The highest BCUT2D eigenvalue weighted by atomic mass is 16.2. The molecule has 6 rings (SSSR count). The Hall–Kier alpha value is -3.95. The maximum atomic E-state index is 14.5. The maximum Gasteiger partial charge on any atom is 0.268 e. The monoisotopic (exact) mass is 615 g/mol. The van der Waals surface area contributed by atoms with Gasteiger partial charge in [-0.05, 0) is 79.5 Å². The van der Waals surface area contributed by atoms with Crippen LogP contribution in [0.1, 0.15) is 74.8 Å². The van der Waals surface area contributed by atoms with E-state index in [1.54, 1.807) is 4.90 Å². The van der Waals surface area contributed by atoms with Crippen LogP contribution >= 0.6 is 0 Å². The van der Waals surface area contributed by atoms with Gasteiger partial charge in [-0.15, -0.1) is 0 Å². The molecule has 4 N–H and O–H groups in total. The second-order valence-corrected chi connectivity index (χ2v) is 14.1. The Balaban J connectivity index is 1.25. The van der Waals surface area contributed by atoms with E-state index >= 15 is 0 Å². The minimum Gasteiger partial charge on any atom is -0.356 e. The summed E-state index contributed by atoms with van der Waals surface area (Å²) in [7, 11) is 0. The molecule has 2 saturated heterocycles. The van der Waals surface area contributed by atoms with Gasteiger partial charge in [-0.3, -0.25) is 24.0 Å². The van der Waals surface area contributed by atoms with Gasteiger partial charge in [0.25, 0.3) is 5.91 Å². The first-order chi connectivity index (χ1) is 21.5. The zero-order chi connectivity index (χ0) is 32.0. The quantitative estimate of drug-likeness (QED) is 0.304. The number of rotatable bonds is 10. The highest BCUT2D eigenvalue weighted by Gasteiger charge is 2.69. The van der Waals surface area contributed by atoms with Crippen LogP contribution in [0.25, 0.3) is 10.9 Å². The number of carbonyl (C=O) groups is 5. The number of amides is 4. The van der Waals surface area contributed by atoms with E-state index in [2.05, 4.69) is 41.4 Å². The van der Waals surface area contributed by atoms with Gasteiger partial charge in [-0.1, -0.05) is 51.8 Å². The summed E-state index contributed by atoms with van der Waals surface area (Å²) in [5.74, 6) is -1.77. The molecule has 4 amide bonds. The van der Waals surface area contributed by atoms with E-state index in [9.17, 15) is 24.0 Å². The molecule has 4 fully saturated rings. The van der Waals surface area contributed by atoms with E-state index in [-0.39, 0.29) is 64.9 Å². The molecule has 2 aromatic rings. The number of nitrogens with one attached hydrogen (secondary N) is 4. The number of carbonyl (C=O) groups excluding carboxylic acids is 5. The van der Waals surface area contributed by atoms with Crippen molar-refractivity contribution in [2.24, 2.45) is 29.1 Å². The molecule has 6 atom stereocenters. The van der Waals surface area contributed by atoms with Crippen LogP contribution in [-0.4, -0.2) is 70.5 Å². The molecule has 2 saturated carbocycles. The van der Waals surface area contributed by atoms with Crippen LogP contribution in [0.2, 0.25) is 0 Å². The summed E-state index contributed by atoms with van der Waals surface area (Å²) in [5.41, 5.74) is 2.18. The Morgan fingerprint density at radius 2 is 1.87 bits per heavy atom. The lowest BCUT2D eigenvalue weighted by Crippen LogP contribution is -2.59. The Bertz CT molecular complexity index is 1540. The summed E-state index contributed by atoms with van der Waals surface area (Å²) in [6.07, 6.45) is 6.68. The van der Waals surface area contributed by atoms with Crippen molar-refractivity contribution in [2.75, 3.05) is 13.1 Å². The molecule has 1 aromatic heterocycles. The van der Waals surface area contributed by atoms with Gasteiger partial charge in [0, 0.05) is 29.9 Å². The number of aryl methyl sites for hydroxylation is 1. The highest BCUT2D eigenvalue weighted by Crippen LogP contribution is 2.65. The van der Waals surface area contributed by atoms with E-state index in [4.69, 9.17) is 0 Å². The second-order valence-electron chi connectivity index (χ2n) is 14.1. The van der Waals surface area contributed by atoms with Crippen LogP contribution in [0.15, 0.2) is 36.9 Å². The lowest BCUT2D eigenvalue weighted by Gasteiger charge is -2.37. The van der Waals surface area contributed by atoms with Crippen molar-refractivity contribution < 1.29 is 24.0 Å². The number of piperidine rings is 1. The number of nitrogens with zero attached hydrogens (tertiary/aromatic N) is 1. The molecule has 0 bridgehead atoms. The van der Waals surface area contributed by atoms with Gasteiger partial charge in [0.1, 0.15) is 17.8 Å². The third-order valence-electron chi connectivity index (χ3n) is 11.1. The number of benzene rings is 1. The molecular weight excluding hydrogens is 570 g/mol. The second kappa shape index (κ2) is 12.1. The van der Waals surface area contributed by atoms with Gasteiger partial charge in [-0.2, -0.15) is 0 Å². The standard InChI is InChI=1S/C35H45N5O5/c1-5-27(41)25(16-21-14-15-36-31(21)42)38-33(44)30-28-23(35(28,3)4)18-40(30)34(45)29(20-11-7-6-8-12-20)39-32(43)26-17-22-19(2)10-9-13-24(22)37-26/h5,9-10,13,17,20-21,23,25,28-30,37H,1,6-8,11-12,14-16,18H2,2-4H3,(H,36,42)(H,38,44)(H,39,43)/t21-,23-,25-,28-,29-,30-/m0/s1. The van der Waals surface area contributed by atoms with Crippen LogP contribution in [0, 0.1) is 36.0 Å². The number of ketones is 1. The molecule has 0 spiro atoms. The van der Waals surface area contributed by atoms with Gasteiger partial charge in [0.05, 0.1) is 6.04 Å². The van der Waals surface area contributed by atoms with Gasteiger partial charge < -0.3 is 25.8 Å². The Morgan fingerprint density at radius 1 is 1.11 bits per heavy atom. The zero-order valence-corrected chi connectivity index (χ0v) is 26.5. The molecule has 0 unspecified atom stereocenters. The third-order valence-corrected chi connectivity index (χ3v) is 11.1. The fraction of sp³-hybridized carbons (Fsp3) is 0.571. The molecule has 45 heavy (non-hydrogen) atoms. The van der Waals surface area contributed by atoms with Gasteiger partial charge in [0.15, 0.2) is 5.78 Å². The molecule has 2 aliphatic heterocycles. The molecule has 0 radical (unpaired) electrons. The molecule has 10 heteroatoms. The first-order valence-corrected chi connectivity index (χ1v) is 16.4. The Labute approximate surface area is 264 Å². The van der Waals surface area contributed by atoms with Crippen molar-refractivity contribution in [3.05, 3.63) is 48.2 Å². The van der Waals surface area contributed by atoms with E-state index < -0.39 is 18.1 Å². The number of likely N-dealkylation sites (tertiary alicyclic amines) is 1. The first kappa shape index (κ1) is 31.0. The van der Waals surface area contributed by atoms with Crippen LogP contribution in [-0.2, 0) is 19.2 Å². The largest absolute Gasteiger partial charge is 0.356 e. The minimum absolute atomic E-state index is 0.0362. The number of H-pyrrole nitrogens is 1. The molecule has 1 aromatic carbocycles. The summed E-state index contributed by atoms with van der Waals surface area (Å²) in [6.45, 7) is 10.8. The number of hydrogen-bond acceptors (Lipinski definition) is 5. The maximum absolute atomic E-state index is 14.5. The van der Waals surface area contributed by atoms with E-state index in [0.29, 0.717) is 25.2 Å². The molecule has 240 valence electrons. The van der Waals surface area contributed by atoms with Crippen LogP contribution in [0.5, 0.6) is 0 Å². The Kier molecular flexibility index (Phi) is 8.35. The summed E-state index contributed by atoms with van der Waals surface area (Å²) >= 11 is 0. The number of fused-ring (bicyclic) bond motifs is 2. The lowest BCUT2D eigenvalue weighted by atomic mass is 9.83. The predicted molar refractivity (Wildman–Crippen MR) is 170 cm³/mol. The van der Waals surface area contributed by atoms with Crippen LogP contribution in [0.4, 0.5) is 0 Å². The first-order valence-electron chi connectivity index (χ1n) is 16.4. The summed E-state index contributed by atoms with van der Waals surface area (Å²) in [4.78, 5) is 72.2. The molecule has 3 heterocycles. The van der Waals surface area contributed by atoms with E-state index in [0.717, 1.165) is 48.6 Å². The SMILES string of the molecule is C=CC(=O)[C@H](C[C@@H]1CCNC1=O)NC(=O)[C@@H]1[C@@H]2[C@H](CN1C(=O)[C@@H](NC(=O)c1cc3c(C)cccc3[nH]1)C1CCCCC1)C2(C)C. The van der Waals surface area contributed by atoms with Crippen molar-refractivity contribution in [3.8, 4) is 0 Å². The molecule has 10 nitrogen and oxygen atoms in total. The lowest BCUT2D eigenvalue weighted by molar-refractivity contribution is -0.143. The number of aromatic amines is 1. The molecule has 2 aliphatic carbocycles. The zero-order valence-electron chi connectivity index (χ0n) is 26.5.